The highest BCUT2D eigenvalue weighted by atomic mass is 32.2. The molecule has 35 heavy (non-hydrogen) atoms. The molecule has 1 saturated heterocycles. The molecule has 1 amide bonds. The summed E-state index contributed by atoms with van der Waals surface area (Å²) in [4.78, 5) is 18.1. The van der Waals surface area contributed by atoms with E-state index < -0.39 is 0 Å². The van der Waals surface area contributed by atoms with Gasteiger partial charge in [-0.2, -0.15) is 0 Å². The number of H-pyrrole nitrogens is 1. The molecule has 0 spiro atoms. The highest BCUT2D eigenvalue weighted by Crippen LogP contribution is 2.31. The molecule has 9 heteroatoms. The second-order valence-corrected chi connectivity index (χ2v) is 9.57. The third kappa shape index (κ3) is 5.26. The van der Waals surface area contributed by atoms with Gasteiger partial charge < -0.3 is 14.6 Å². The van der Waals surface area contributed by atoms with Crippen molar-refractivity contribution in [3.05, 3.63) is 66.1 Å². The molecule has 4 aromatic rings. The number of nitrogens with one attached hydrogen (secondary N) is 1. The number of carbonyl (C=O) groups is 1. The molecule has 1 aliphatic rings. The van der Waals surface area contributed by atoms with E-state index in [1.165, 1.54) is 23.9 Å². The van der Waals surface area contributed by atoms with Gasteiger partial charge in [-0.05, 0) is 43.5 Å². The number of hydrogen-bond donors (Lipinski definition) is 1. The molecule has 1 fully saturated rings. The lowest BCUT2D eigenvalue weighted by atomic mass is 10.1. The van der Waals surface area contributed by atoms with Crippen LogP contribution in [0.25, 0.3) is 22.3 Å². The topological polar surface area (TPSA) is 76.0 Å². The molecular weight excluding hydrogens is 465 g/mol. The first-order valence-corrected chi connectivity index (χ1v) is 12.9. The molecule has 1 N–H and O–H groups in total. The minimum Gasteiger partial charge on any atom is -0.376 e. The van der Waals surface area contributed by atoms with Gasteiger partial charge in [0.1, 0.15) is 5.82 Å². The monoisotopic (exact) mass is 493 g/mol. The number of benzene rings is 2. The van der Waals surface area contributed by atoms with Crippen LogP contribution in [0.2, 0.25) is 0 Å². The summed E-state index contributed by atoms with van der Waals surface area (Å²) in [5.74, 6) is 0.662. The summed E-state index contributed by atoms with van der Waals surface area (Å²) in [6, 6.07) is 14.5. The fraction of sp³-hybridized carbons (Fsp3) is 0.346. The number of aromatic amines is 1. The number of carbonyl (C=O) groups excluding carboxylic acids is 1. The van der Waals surface area contributed by atoms with Gasteiger partial charge in [-0.25, -0.2) is 4.39 Å². The number of aromatic nitrogens is 4. The van der Waals surface area contributed by atoms with E-state index in [1.54, 1.807) is 11.0 Å². The van der Waals surface area contributed by atoms with E-state index in [4.69, 9.17) is 4.74 Å². The van der Waals surface area contributed by atoms with Crippen LogP contribution in [0, 0.1) is 5.82 Å². The van der Waals surface area contributed by atoms with Gasteiger partial charge in [-0.3, -0.25) is 9.36 Å². The van der Waals surface area contributed by atoms with Crippen LogP contribution in [-0.4, -0.2) is 55.6 Å². The van der Waals surface area contributed by atoms with Crippen molar-refractivity contribution in [2.45, 2.75) is 44.1 Å². The Bertz CT molecular complexity index is 1310. The molecule has 1 atom stereocenters. The first-order chi connectivity index (χ1) is 17.1. The molecular formula is C26H28FN5O2S. The molecule has 182 valence electrons. The smallest absolute Gasteiger partial charge is 0.233 e. The molecule has 5 rings (SSSR count). The van der Waals surface area contributed by atoms with Gasteiger partial charge in [0.25, 0.3) is 0 Å². The largest absolute Gasteiger partial charge is 0.376 e. The molecule has 7 nitrogen and oxygen atoms in total. The summed E-state index contributed by atoms with van der Waals surface area (Å²) >= 11 is 1.38. The van der Waals surface area contributed by atoms with E-state index >= 15 is 0 Å². The molecule has 1 aliphatic heterocycles. The highest BCUT2D eigenvalue weighted by Gasteiger charge is 2.24. The number of rotatable bonds is 9. The highest BCUT2D eigenvalue weighted by molar-refractivity contribution is 7.99. The quantitative estimate of drug-likeness (QED) is 0.336. The number of fused-ring (bicyclic) bond motifs is 1. The van der Waals surface area contributed by atoms with Crippen molar-refractivity contribution in [3.8, 4) is 11.4 Å². The molecule has 0 saturated carbocycles. The first-order valence-electron chi connectivity index (χ1n) is 11.9. The maximum atomic E-state index is 13.6. The average molecular weight is 494 g/mol. The number of halogens is 1. The summed E-state index contributed by atoms with van der Waals surface area (Å²) in [5, 5.41) is 10.7. The Labute approximate surface area is 207 Å². The lowest BCUT2D eigenvalue weighted by Crippen LogP contribution is -2.31. The number of amides is 1. The molecule has 0 aliphatic carbocycles. The summed E-state index contributed by atoms with van der Waals surface area (Å²) in [5.41, 5.74) is 2.79. The maximum absolute atomic E-state index is 13.6. The number of para-hydroxylation sites is 1. The van der Waals surface area contributed by atoms with E-state index in [-0.39, 0.29) is 23.6 Å². The summed E-state index contributed by atoms with van der Waals surface area (Å²) < 4.78 is 21.6. The third-order valence-corrected chi connectivity index (χ3v) is 7.23. The Kier molecular flexibility index (Phi) is 7.15. The Morgan fingerprint density at radius 1 is 1.26 bits per heavy atom. The zero-order chi connectivity index (χ0) is 24.2. The van der Waals surface area contributed by atoms with Crippen LogP contribution >= 0.6 is 11.8 Å². The molecule has 2 aromatic carbocycles. The molecule has 1 unspecified atom stereocenters. The second-order valence-electron chi connectivity index (χ2n) is 8.63. The molecule has 0 bridgehead atoms. The van der Waals surface area contributed by atoms with Crippen molar-refractivity contribution < 1.29 is 13.9 Å². The van der Waals surface area contributed by atoms with Crippen LogP contribution in [0.5, 0.6) is 0 Å². The van der Waals surface area contributed by atoms with Crippen molar-refractivity contribution >= 4 is 28.6 Å². The van der Waals surface area contributed by atoms with E-state index in [0.717, 1.165) is 47.3 Å². The van der Waals surface area contributed by atoms with Gasteiger partial charge in [0.05, 0.1) is 18.4 Å². The van der Waals surface area contributed by atoms with E-state index in [9.17, 15) is 9.18 Å². The van der Waals surface area contributed by atoms with Crippen LogP contribution in [-0.2, 0) is 22.6 Å². The van der Waals surface area contributed by atoms with E-state index in [1.807, 2.05) is 37.4 Å². The van der Waals surface area contributed by atoms with Gasteiger partial charge in [0, 0.05) is 42.4 Å². The molecule has 2 aromatic heterocycles. The van der Waals surface area contributed by atoms with Crippen molar-refractivity contribution in [3.63, 3.8) is 0 Å². The standard InChI is InChI=1S/C26H28FN5O2S/c1-2-31(15-18-7-5-8-19(27)13-18)24(33)17-35-26-30-29-25(32(26)16-20-9-6-12-34-20)22-14-28-23-11-4-3-10-21(22)23/h3-5,7-8,10-11,13-14,20,28H,2,6,9,12,15-17H2,1H3. The zero-order valence-corrected chi connectivity index (χ0v) is 20.4. The Morgan fingerprint density at radius 2 is 2.14 bits per heavy atom. The predicted molar refractivity (Wildman–Crippen MR) is 135 cm³/mol. The van der Waals surface area contributed by atoms with Gasteiger partial charge in [0.2, 0.25) is 5.91 Å². The van der Waals surface area contributed by atoms with Crippen LogP contribution in [0.15, 0.2) is 59.9 Å². The van der Waals surface area contributed by atoms with Crippen LogP contribution in [0.1, 0.15) is 25.3 Å². The Hall–Kier alpha value is -3.17. The van der Waals surface area contributed by atoms with Crippen molar-refractivity contribution in [2.75, 3.05) is 18.9 Å². The maximum Gasteiger partial charge on any atom is 0.233 e. The van der Waals surface area contributed by atoms with Gasteiger partial charge in [-0.1, -0.05) is 42.1 Å². The molecule has 0 radical (unpaired) electrons. The summed E-state index contributed by atoms with van der Waals surface area (Å²) in [6.45, 7) is 4.24. The summed E-state index contributed by atoms with van der Waals surface area (Å²) in [6.07, 6.45) is 4.09. The average Bonchev–Trinajstić information content (AvgIpc) is 3.62. The van der Waals surface area contributed by atoms with Gasteiger partial charge >= 0.3 is 0 Å². The first kappa shape index (κ1) is 23.6. The van der Waals surface area contributed by atoms with Crippen molar-refractivity contribution in [1.82, 2.24) is 24.6 Å². The second kappa shape index (κ2) is 10.6. The van der Waals surface area contributed by atoms with Crippen LogP contribution in [0.3, 0.4) is 0 Å². The Balaban J connectivity index is 1.36. The number of ether oxygens (including phenoxy) is 1. The fourth-order valence-electron chi connectivity index (χ4n) is 4.46. The van der Waals surface area contributed by atoms with Gasteiger partial charge in [-0.15, -0.1) is 10.2 Å². The Morgan fingerprint density at radius 3 is 2.94 bits per heavy atom. The van der Waals surface area contributed by atoms with Crippen LogP contribution < -0.4 is 0 Å². The lowest BCUT2D eigenvalue weighted by Gasteiger charge is -2.21. The number of nitrogens with zero attached hydrogens (tertiary/aromatic N) is 4. The summed E-state index contributed by atoms with van der Waals surface area (Å²) in [7, 11) is 0. The predicted octanol–water partition coefficient (Wildman–Crippen LogP) is 4.89. The van der Waals surface area contributed by atoms with E-state index in [2.05, 4.69) is 25.8 Å². The number of thioether (sulfide) groups is 1. The minimum absolute atomic E-state index is 0.0259. The van der Waals surface area contributed by atoms with Crippen LogP contribution in [0.4, 0.5) is 4.39 Å². The van der Waals surface area contributed by atoms with Crippen molar-refractivity contribution in [2.24, 2.45) is 0 Å². The zero-order valence-electron chi connectivity index (χ0n) is 19.6. The number of hydrogen-bond acceptors (Lipinski definition) is 5. The SMILES string of the molecule is CCN(Cc1cccc(F)c1)C(=O)CSc1nnc(-c2c[nH]c3ccccc23)n1CC1CCCO1. The molecule has 3 heterocycles. The van der Waals surface area contributed by atoms with Crippen molar-refractivity contribution in [1.29, 1.82) is 0 Å². The lowest BCUT2D eigenvalue weighted by molar-refractivity contribution is -0.128. The van der Waals surface area contributed by atoms with Gasteiger partial charge in [0.15, 0.2) is 11.0 Å². The normalized spacial score (nSPS) is 15.7. The third-order valence-electron chi connectivity index (χ3n) is 6.28. The van der Waals surface area contributed by atoms with E-state index in [0.29, 0.717) is 24.8 Å². The fourth-order valence-corrected chi connectivity index (χ4v) is 5.31. The minimum atomic E-state index is -0.299.